The van der Waals surface area contributed by atoms with Crippen LogP contribution in [0.1, 0.15) is 20.7 Å². The molecule has 0 bridgehead atoms. The minimum absolute atomic E-state index is 0.284. The molecule has 6 nitrogen and oxygen atoms in total. The third kappa shape index (κ3) is 4.15. The molecule has 3 aromatic carbocycles. The zero-order chi connectivity index (χ0) is 23.7. The van der Waals surface area contributed by atoms with E-state index < -0.39 is 57.8 Å². The molecule has 3 aromatic rings. The number of rotatable bonds is 4. The quantitative estimate of drug-likeness (QED) is 0.269. The van der Waals surface area contributed by atoms with Crippen molar-refractivity contribution in [3.63, 3.8) is 0 Å². The van der Waals surface area contributed by atoms with Gasteiger partial charge in [0.15, 0.2) is 23.3 Å². The number of benzene rings is 3. The first-order chi connectivity index (χ1) is 15.0. The second-order valence-corrected chi connectivity index (χ2v) is 6.39. The van der Waals surface area contributed by atoms with Crippen molar-refractivity contribution in [3.05, 3.63) is 82.4 Å². The zero-order valence-electron chi connectivity index (χ0n) is 15.7. The second-order valence-electron chi connectivity index (χ2n) is 6.39. The third-order valence-corrected chi connectivity index (χ3v) is 4.23. The Hall–Kier alpha value is -4.22. The van der Waals surface area contributed by atoms with Gasteiger partial charge in [0.2, 0.25) is 0 Å². The normalized spacial score (nSPS) is 10.7. The lowest BCUT2D eigenvalue weighted by atomic mass is 10.1. The van der Waals surface area contributed by atoms with Crippen LogP contribution in [0, 0.1) is 34.9 Å². The summed E-state index contributed by atoms with van der Waals surface area (Å²) in [6.45, 7) is 0. The molecular weight excluding hydrogens is 442 g/mol. The lowest BCUT2D eigenvalue weighted by Gasteiger charge is -2.13. The predicted octanol–water partition coefficient (Wildman–Crippen LogP) is 4.19. The largest absolute Gasteiger partial charge is 0.396 e. The van der Waals surface area contributed by atoms with Crippen LogP contribution in [0.15, 0.2) is 36.4 Å². The average Bonchev–Trinajstić information content (AvgIpc) is 2.72. The number of carbonyl (C=O) groups excluding carboxylic acids is 2. The molecule has 0 radical (unpaired) electrons. The molecule has 0 spiro atoms. The first-order valence-electron chi connectivity index (χ1n) is 8.60. The topological polar surface area (TPSA) is 110 Å². The highest BCUT2D eigenvalue weighted by Gasteiger charge is 2.32. The highest BCUT2D eigenvalue weighted by Crippen LogP contribution is 2.27. The Kier molecular flexibility index (Phi) is 5.96. The molecule has 2 amide bonds. The van der Waals surface area contributed by atoms with Crippen LogP contribution in [0.5, 0.6) is 0 Å². The number of halogens is 6. The van der Waals surface area contributed by atoms with Gasteiger partial charge >= 0.3 is 0 Å². The summed E-state index contributed by atoms with van der Waals surface area (Å²) in [4.78, 5) is 24.3. The van der Waals surface area contributed by atoms with E-state index in [1.807, 2.05) is 10.6 Å². The minimum atomic E-state index is -2.18. The average molecular weight is 454 g/mol. The van der Waals surface area contributed by atoms with E-state index in [2.05, 4.69) is 0 Å². The van der Waals surface area contributed by atoms with E-state index in [1.165, 1.54) is 0 Å². The summed E-state index contributed by atoms with van der Waals surface area (Å²) in [6.07, 6.45) is 0. The van der Waals surface area contributed by atoms with Crippen LogP contribution in [-0.2, 0) is 0 Å². The maximum absolute atomic E-state index is 14.4. The molecule has 0 aromatic heterocycles. The van der Waals surface area contributed by atoms with Gasteiger partial charge in [-0.3, -0.25) is 9.59 Å². The third-order valence-electron chi connectivity index (χ3n) is 4.23. The van der Waals surface area contributed by atoms with E-state index in [0.29, 0.717) is 12.1 Å². The molecule has 3 rings (SSSR count). The van der Waals surface area contributed by atoms with Gasteiger partial charge in [-0.05, 0) is 36.4 Å². The monoisotopic (exact) mass is 454 g/mol. The van der Waals surface area contributed by atoms with Gasteiger partial charge < -0.3 is 22.1 Å². The summed E-state index contributed by atoms with van der Waals surface area (Å²) in [6, 6.07) is 5.64. The molecule has 0 saturated heterocycles. The van der Waals surface area contributed by atoms with Crippen LogP contribution in [0.3, 0.4) is 0 Å². The minimum Gasteiger partial charge on any atom is -0.396 e. The maximum Gasteiger partial charge on any atom is 0.261 e. The van der Waals surface area contributed by atoms with Crippen molar-refractivity contribution < 1.29 is 35.9 Å². The van der Waals surface area contributed by atoms with E-state index in [9.17, 15) is 35.9 Å². The second kappa shape index (κ2) is 8.49. The first kappa shape index (κ1) is 22.5. The summed E-state index contributed by atoms with van der Waals surface area (Å²) in [5.74, 6) is -13.9. The standard InChI is InChI=1S/C20H12F6N4O2/c21-9-5-7(1-3-11(9)27)29-19(31)13-15(23)17(25)14(18(26)16(13)24)20(32)30-8-2-4-12(28)10(22)6-8/h1-6H,27-28H2,(H,29,31)(H,30,32). The van der Waals surface area contributed by atoms with Crippen LogP contribution < -0.4 is 22.1 Å². The van der Waals surface area contributed by atoms with Crippen molar-refractivity contribution >= 4 is 34.6 Å². The molecule has 0 atom stereocenters. The van der Waals surface area contributed by atoms with Crippen molar-refractivity contribution in [1.29, 1.82) is 0 Å². The Balaban J connectivity index is 1.95. The van der Waals surface area contributed by atoms with Crippen molar-refractivity contribution in [2.24, 2.45) is 0 Å². The fourth-order valence-corrected chi connectivity index (χ4v) is 2.63. The van der Waals surface area contributed by atoms with Gasteiger partial charge in [0.25, 0.3) is 11.8 Å². The fraction of sp³-hybridized carbons (Fsp3) is 0. The van der Waals surface area contributed by atoms with Crippen molar-refractivity contribution in [1.82, 2.24) is 0 Å². The summed E-state index contributed by atoms with van der Waals surface area (Å²) in [5.41, 5.74) is 5.96. The van der Waals surface area contributed by atoms with E-state index in [0.717, 1.165) is 24.3 Å². The van der Waals surface area contributed by atoms with Crippen molar-refractivity contribution in [2.45, 2.75) is 0 Å². The molecule has 32 heavy (non-hydrogen) atoms. The van der Waals surface area contributed by atoms with Gasteiger partial charge in [0.1, 0.15) is 22.8 Å². The van der Waals surface area contributed by atoms with Crippen molar-refractivity contribution in [3.8, 4) is 0 Å². The number of hydrogen-bond donors (Lipinski definition) is 4. The van der Waals surface area contributed by atoms with Gasteiger partial charge in [-0.1, -0.05) is 0 Å². The van der Waals surface area contributed by atoms with Gasteiger partial charge in [-0.2, -0.15) is 0 Å². The van der Waals surface area contributed by atoms with Crippen LogP contribution >= 0.6 is 0 Å². The maximum atomic E-state index is 14.4. The Morgan fingerprint density at radius 3 is 1.19 bits per heavy atom. The van der Waals surface area contributed by atoms with Crippen LogP contribution in [0.2, 0.25) is 0 Å². The van der Waals surface area contributed by atoms with Gasteiger partial charge in [0, 0.05) is 11.4 Å². The molecule has 0 heterocycles. The summed E-state index contributed by atoms with van der Waals surface area (Å²) < 4.78 is 84.6. The van der Waals surface area contributed by atoms with Gasteiger partial charge in [-0.15, -0.1) is 0 Å². The zero-order valence-corrected chi connectivity index (χ0v) is 15.7. The molecule has 0 aliphatic carbocycles. The number of anilines is 4. The highest BCUT2D eigenvalue weighted by molar-refractivity contribution is 6.08. The van der Waals surface area contributed by atoms with E-state index in [4.69, 9.17) is 11.5 Å². The number of nitrogens with two attached hydrogens (primary N) is 2. The van der Waals surface area contributed by atoms with Crippen LogP contribution in [0.25, 0.3) is 0 Å². The molecular formula is C20H12F6N4O2. The summed E-state index contributed by atoms with van der Waals surface area (Å²) in [5, 5.41) is 3.72. The molecule has 0 unspecified atom stereocenters. The Bertz CT molecular complexity index is 1140. The van der Waals surface area contributed by atoms with Crippen molar-refractivity contribution in [2.75, 3.05) is 22.1 Å². The van der Waals surface area contributed by atoms with E-state index >= 15 is 0 Å². The number of nitrogen functional groups attached to an aromatic ring is 2. The number of carbonyl (C=O) groups is 2. The number of nitrogens with one attached hydrogen (secondary N) is 2. The summed E-state index contributed by atoms with van der Waals surface area (Å²) >= 11 is 0. The fourth-order valence-electron chi connectivity index (χ4n) is 2.63. The number of hydrogen-bond acceptors (Lipinski definition) is 4. The molecule has 0 aliphatic heterocycles. The van der Waals surface area contributed by atoms with E-state index in [1.54, 1.807) is 0 Å². The lowest BCUT2D eigenvalue weighted by molar-refractivity contribution is 0.0993. The first-order valence-corrected chi connectivity index (χ1v) is 8.60. The van der Waals surface area contributed by atoms with Gasteiger partial charge in [0.05, 0.1) is 11.4 Å². The Morgan fingerprint density at radius 2 is 0.906 bits per heavy atom. The molecule has 166 valence electrons. The van der Waals surface area contributed by atoms with Gasteiger partial charge in [-0.25, -0.2) is 26.3 Å². The SMILES string of the molecule is Nc1ccc(NC(=O)c2c(F)c(F)c(C(=O)Nc3ccc(N)c(F)c3)c(F)c2F)cc1F. The smallest absolute Gasteiger partial charge is 0.261 e. The van der Waals surface area contributed by atoms with Crippen LogP contribution in [0.4, 0.5) is 49.1 Å². The Labute approximate surface area is 175 Å². The summed E-state index contributed by atoms with van der Waals surface area (Å²) in [7, 11) is 0. The molecule has 12 heteroatoms. The van der Waals surface area contributed by atoms with Crippen LogP contribution in [-0.4, -0.2) is 11.8 Å². The number of amides is 2. The molecule has 0 aliphatic rings. The molecule has 0 fully saturated rings. The lowest BCUT2D eigenvalue weighted by Crippen LogP contribution is -2.23. The molecule has 0 saturated carbocycles. The Morgan fingerprint density at radius 1 is 0.594 bits per heavy atom. The van der Waals surface area contributed by atoms with E-state index in [-0.39, 0.29) is 22.7 Å². The predicted molar refractivity (Wildman–Crippen MR) is 104 cm³/mol. The highest BCUT2D eigenvalue weighted by atomic mass is 19.2. The molecule has 6 N–H and O–H groups in total.